The van der Waals surface area contributed by atoms with Crippen molar-refractivity contribution >= 4 is 35.6 Å². The fourth-order valence-corrected chi connectivity index (χ4v) is 3.02. The van der Waals surface area contributed by atoms with Gasteiger partial charge in [0, 0.05) is 25.5 Å². The second-order valence-corrected chi connectivity index (χ2v) is 6.31. The monoisotopic (exact) mass is 375 g/mol. The Bertz CT molecular complexity index is 622. The smallest absolute Gasteiger partial charge is 0.224 e. The summed E-state index contributed by atoms with van der Waals surface area (Å²) in [6.45, 7) is 5.18. The maximum Gasteiger partial charge on any atom is 0.224 e. The van der Waals surface area contributed by atoms with E-state index in [1.165, 1.54) is 6.92 Å². The Morgan fingerprint density at radius 1 is 1.16 bits per heavy atom. The van der Waals surface area contributed by atoms with E-state index in [-0.39, 0.29) is 35.6 Å². The van der Waals surface area contributed by atoms with E-state index < -0.39 is 17.5 Å². The third-order valence-electron chi connectivity index (χ3n) is 4.34. The van der Waals surface area contributed by atoms with Crippen LogP contribution in [0.2, 0.25) is 0 Å². The lowest BCUT2D eigenvalue weighted by molar-refractivity contribution is -0.117. The van der Waals surface area contributed by atoms with Gasteiger partial charge in [0.1, 0.15) is 0 Å². The molecule has 2 amide bonds. The number of hydrogen-bond acceptors (Lipinski definition) is 3. The van der Waals surface area contributed by atoms with Gasteiger partial charge in [-0.05, 0) is 37.8 Å². The van der Waals surface area contributed by atoms with Gasteiger partial charge in [0.2, 0.25) is 11.8 Å². The van der Waals surface area contributed by atoms with Crippen LogP contribution in [0.1, 0.15) is 33.1 Å². The molecule has 1 aliphatic rings. The zero-order valence-corrected chi connectivity index (χ0v) is 15.1. The Morgan fingerprint density at radius 3 is 2.20 bits per heavy atom. The van der Waals surface area contributed by atoms with Gasteiger partial charge in [-0.25, -0.2) is 8.78 Å². The molecule has 25 heavy (non-hydrogen) atoms. The molecule has 140 valence electrons. The van der Waals surface area contributed by atoms with E-state index in [2.05, 4.69) is 16.0 Å². The second-order valence-electron chi connectivity index (χ2n) is 6.31. The first-order valence-corrected chi connectivity index (χ1v) is 8.14. The number of halogens is 3. The van der Waals surface area contributed by atoms with Crippen molar-refractivity contribution in [3.05, 3.63) is 23.8 Å². The lowest BCUT2D eigenvalue weighted by Crippen LogP contribution is -2.32. The number of amides is 2. The first kappa shape index (κ1) is 21.3. The van der Waals surface area contributed by atoms with Gasteiger partial charge in [0.15, 0.2) is 11.6 Å². The molecule has 1 heterocycles. The zero-order valence-electron chi connectivity index (χ0n) is 14.3. The van der Waals surface area contributed by atoms with Gasteiger partial charge in [0.25, 0.3) is 0 Å². The Morgan fingerprint density at radius 2 is 1.68 bits per heavy atom. The quantitative estimate of drug-likeness (QED) is 0.739. The molecule has 0 bridgehead atoms. The van der Waals surface area contributed by atoms with Gasteiger partial charge in [-0.2, -0.15) is 0 Å². The van der Waals surface area contributed by atoms with Crippen LogP contribution < -0.4 is 16.0 Å². The molecule has 1 atom stereocenters. The summed E-state index contributed by atoms with van der Waals surface area (Å²) in [5.74, 6) is -2.21. The molecule has 1 fully saturated rings. The van der Waals surface area contributed by atoms with Gasteiger partial charge in [-0.3, -0.25) is 9.59 Å². The molecule has 2 rings (SSSR count). The number of carbonyl (C=O) groups is 2. The lowest BCUT2D eigenvalue weighted by atomic mass is 9.84. The number of carbonyl (C=O) groups excluding carboxylic acids is 2. The van der Waals surface area contributed by atoms with Crippen molar-refractivity contribution in [3.63, 3.8) is 0 Å². The molecule has 0 aromatic heterocycles. The molecule has 1 unspecified atom stereocenters. The van der Waals surface area contributed by atoms with Crippen LogP contribution in [0.4, 0.5) is 20.2 Å². The van der Waals surface area contributed by atoms with Crippen molar-refractivity contribution in [1.29, 1.82) is 0 Å². The van der Waals surface area contributed by atoms with Gasteiger partial charge in [-0.15, -0.1) is 12.4 Å². The Hall–Kier alpha value is -1.73. The van der Waals surface area contributed by atoms with E-state index in [0.29, 0.717) is 12.3 Å². The molecule has 0 spiro atoms. The van der Waals surface area contributed by atoms with Crippen molar-refractivity contribution in [1.82, 2.24) is 5.32 Å². The molecule has 0 radical (unpaired) electrons. The lowest BCUT2D eigenvalue weighted by Gasteiger charge is -2.28. The minimum atomic E-state index is -1.08. The minimum absolute atomic E-state index is 0. The Labute approximate surface area is 152 Å². The number of piperidine rings is 1. The summed E-state index contributed by atoms with van der Waals surface area (Å²) < 4.78 is 26.8. The van der Waals surface area contributed by atoms with E-state index in [1.807, 2.05) is 6.92 Å². The second kappa shape index (κ2) is 9.68. The maximum atomic E-state index is 13.5. The van der Waals surface area contributed by atoms with Crippen LogP contribution in [0, 0.1) is 23.5 Å². The number of nitrogens with one attached hydrogen (secondary N) is 3. The predicted molar refractivity (Wildman–Crippen MR) is 95.9 cm³/mol. The summed E-state index contributed by atoms with van der Waals surface area (Å²) in [4.78, 5) is 23.4. The zero-order chi connectivity index (χ0) is 17.7. The first-order valence-electron chi connectivity index (χ1n) is 8.14. The van der Waals surface area contributed by atoms with Crippen LogP contribution in [0.15, 0.2) is 12.1 Å². The molecule has 1 aliphatic heterocycles. The van der Waals surface area contributed by atoms with E-state index in [1.54, 1.807) is 0 Å². The van der Waals surface area contributed by atoms with Gasteiger partial charge < -0.3 is 16.0 Å². The van der Waals surface area contributed by atoms with Gasteiger partial charge in [0.05, 0.1) is 11.4 Å². The standard InChI is InChI=1S/C17H23F2N3O2.ClH/c1-10(12-3-5-20-6-4-12)7-17(24)22-16-9-14(19)13(18)8-15(16)21-11(2)23;/h8-10,12,20H,3-7H2,1-2H3,(H,21,23)(H,22,24);1H. The van der Waals surface area contributed by atoms with Crippen LogP contribution in [-0.4, -0.2) is 24.9 Å². The average molecular weight is 376 g/mol. The van der Waals surface area contributed by atoms with E-state index in [4.69, 9.17) is 0 Å². The topological polar surface area (TPSA) is 70.2 Å². The van der Waals surface area contributed by atoms with Crippen molar-refractivity contribution in [2.75, 3.05) is 23.7 Å². The first-order chi connectivity index (χ1) is 11.4. The van der Waals surface area contributed by atoms with Gasteiger partial charge in [-0.1, -0.05) is 6.92 Å². The van der Waals surface area contributed by atoms with Crippen molar-refractivity contribution in [3.8, 4) is 0 Å². The van der Waals surface area contributed by atoms with Crippen molar-refractivity contribution in [2.24, 2.45) is 11.8 Å². The third-order valence-corrected chi connectivity index (χ3v) is 4.34. The summed E-state index contributed by atoms with van der Waals surface area (Å²) in [5, 5.41) is 8.25. The summed E-state index contributed by atoms with van der Waals surface area (Å²) in [6, 6.07) is 1.75. The molecule has 1 saturated heterocycles. The van der Waals surface area contributed by atoms with Crippen molar-refractivity contribution < 1.29 is 18.4 Å². The molecule has 3 N–H and O–H groups in total. The Balaban J connectivity index is 0.00000312. The minimum Gasteiger partial charge on any atom is -0.324 e. The van der Waals surface area contributed by atoms with Crippen molar-refractivity contribution in [2.45, 2.75) is 33.1 Å². The number of anilines is 2. The predicted octanol–water partition coefficient (Wildman–Crippen LogP) is 3.31. The molecule has 8 heteroatoms. The molecule has 5 nitrogen and oxygen atoms in total. The number of benzene rings is 1. The molecule has 1 aromatic rings. The summed E-state index contributed by atoms with van der Waals surface area (Å²) >= 11 is 0. The van der Waals surface area contributed by atoms with Crippen LogP contribution in [0.25, 0.3) is 0 Å². The molecule has 0 saturated carbocycles. The SMILES string of the molecule is CC(=O)Nc1cc(F)c(F)cc1NC(=O)CC(C)C1CCNCC1.Cl. The number of hydrogen-bond donors (Lipinski definition) is 3. The molecular formula is C17H24ClF2N3O2. The maximum absolute atomic E-state index is 13.5. The molecular weight excluding hydrogens is 352 g/mol. The highest BCUT2D eigenvalue weighted by atomic mass is 35.5. The van der Waals surface area contributed by atoms with Crippen LogP contribution >= 0.6 is 12.4 Å². The highest BCUT2D eigenvalue weighted by molar-refractivity contribution is 5.98. The fourth-order valence-electron chi connectivity index (χ4n) is 3.02. The van der Waals surface area contributed by atoms with Crippen LogP contribution in [0.3, 0.4) is 0 Å². The summed E-state index contributed by atoms with van der Waals surface area (Å²) in [6.07, 6.45) is 2.34. The normalized spacial score (nSPS) is 15.8. The largest absolute Gasteiger partial charge is 0.324 e. The van der Waals surface area contributed by atoms with Crippen LogP contribution in [0.5, 0.6) is 0 Å². The fraction of sp³-hybridized carbons (Fsp3) is 0.529. The highest BCUT2D eigenvalue weighted by Crippen LogP contribution is 2.28. The van der Waals surface area contributed by atoms with Crippen LogP contribution in [-0.2, 0) is 9.59 Å². The van der Waals surface area contributed by atoms with E-state index in [0.717, 1.165) is 38.1 Å². The molecule has 0 aliphatic carbocycles. The average Bonchev–Trinajstić information content (AvgIpc) is 2.52. The van der Waals surface area contributed by atoms with E-state index >= 15 is 0 Å². The van der Waals surface area contributed by atoms with Gasteiger partial charge >= 0.3 is 0 Å². The Kier molecular flexibility index (Phi) is 8.25. The third kappa shape index (κ3) is 6.25. The molecule has 1 aromatic carbocycles. The summed E-state index contributed by atoms with van der Waals surface area (Å²) in [5.41, 5.74) is 0.107. The summed E-state index contributed by atoms with van der Waals surface area (Å²) in [7, 11) is 0. The number of rotatable bonds is 5. The van der Waals surface area contributed by atoms with E-state index in [9.17, 15) is 18.4 Å². The highest BCUT2D eigenvalue weighted by Gasteiger charge is 2.22.